The first kappa shape index (κ1) is 10.9. The zero-order valence-electron chi connectivity index (χ0n) is 6.72. The van der Waals surface area contributed by atoms with Crippen molar-refractivity contribution in [3.8, 4) is 0 Å². The number of quaternary nitrogens is 1. The van der Waals surface area contributed by atoms with E-state index in [1.54, 1.807) is 0 Å². The highest BCUT2D eigenvalue weighted by Crippen LogP contribution is 2.18. The van der Waals surface area contributed by atoms with Crippen molar-refractivity contribution in [1.82, 2.24) is 5.32 Å². The molecular formula is C7H15ClN2O. The second-order valence-electron chi connectivity index (χ2n) is 2.83. The van der Waals surface area contributed by atoms with Crippen LogP contribution in [0.3, 0.4) is 0 Å². The van der Waals surface area contributed by atoms with Gasteiger partial charge in [0.2, 0.25) is 0 Å². The highest BCUT2D eigenvalue weighted by Gasteiger charge is 2.24. The van der Waals surface area contributed by atoms with E-state index < -0.39 is 0 Å². The van der Waals surface area contributed by atoms with Gasteiger partial charge in [-0.2, -0.15) is 0 Å². The minimum atomic E-state index is 0. The summed E-state index contributed by atoms with van der Waals surface area (Å²) in [7, 11) is 1.98. The van der Waals surface area contributed by atoms with Crippen LogP contribution in [0.2, 0.25) is 0 Å². The summed E-state index contributed by atoms with van der Waals surface area (Å²) < 4.78 is 0. The number of halogens is 1. The Hall–Kier alpha value is -0.120. The summed E-state index contributed by atoms with van der Waals surface area (Å²) in [6.07, 6.45) is 3.49. The van der Waals surface area contributed by atoms with Crippen molar-refractivity contribution in [3.63, 3.8) is 0 Å². The highest BCUT2D eigenvalue weighted by molar-refractivity contribution is 5.57. The van der Waals surface area contributed by atoms with Gasteiger partial charge in [-0.3, -0.25) is 0 Å². The van der Waals surface area contributed by atoms with E-state index in [0.717, 1.165) is 12.8 Å². The lowest BCUT2D eigenvalue weighted by Crippen LogP contribution is -3.00. The number of rotatable bonds is 5. The van der Waals surface area contributed by atoms with Crippen molar-refractivity contribution >= 4 is 6.29 Å². The monoisotopic (exact) mass is 178 g/mol. The number of nitrogens with two attached hydrogens (primary N) is 1. The summed E-state index contributed by atoms with van der Waals surface area (Å²) in [5.41, 5.74) is 0. The summed E-state index contributed by atoms with van der Waals surface area (Å²) in [6.45, 7) is 0.861. The zero-order chi connectivity index (χ0) is 7.40. The fraction of sp³-hybridized carbons (Fsp3) is 0.857. The quantitative estimate of drug-likeness (QED) is 0.417. The molecule has 1 atom stereocenters. The maximum atomic E-state index is 10.4. The lowest BCUT2D eigenvalue weighted by molar-refractivity contribution is -0.627. The lowest BCUT2D eigenvalue weighted by atomic mass is 10.3. The predicted molar refractivity (Wildman–Crippen MR) is 38.7 cm³/mol. The summed E-state index contributed by atoms with van der Waals surface area (Å²) in [5.74, 6) is 0. The van der Waals surface area contributed by atoms with E-state index in [1.807, 2.05) is 12.4 Å². The second kappa shape index (κ2) is 5.52. The molecule has 0 heterocycles. The molecule has 0 bridgehead atoms. The van der Waals surface area contributed by atoms with E-state index in [9.17, 15) is 4.79 Å². The lowest BCUT2D eigenvalue weighted by Gasteiger charge is -2.07. The first-order valence-electron chi connectivity index (χ1n) is 3.86. The van der Waals surface area contributed by atoms with E-state index in [1.165, 1.54) is 12.8 Å². The summed E-state index contributed by atoms with van der Waals surface area (Å²) in [4.78, 5) is 10.4. The molecule has 0 spiro atoms. The second-order valence-corrected chi connectivity index (χ2v) is 2.83. The smallest absolute Gasteiger partial charge is 0.142 e. The molecule has 1 fully saturated rings. The molecule has 1 aliphatic carbocycles. The van der Waals surface area contributed by atoms with Crippen LogP contribution in [-0.2, 0) is 4.79 Å². The fourth-order valence-corrected chi connectivity index (χ4v) is 0.970. The van der Waals surface area contributed by atoms with E-state index in [0.29, 0.717) is 6.04 Å². The topological polar surface area (TPSA) is 45.7 Å². The van der Waals surface area contributed by atoms with Gasteiger partial charge in [0, 0.05) is 6.04 Å². The molecule has 0 aliphatic heterocycles. The van der Waals surface area contributed by atoms with Crippen LogP contribution in [0.5, 0.6) is 0 Å². The molecule has 3 N–H and O–H groups in total. The van der Waals surface area contributed by atoms with E-state index in [2.05, 4.69) is 5.32 Å². The van der Waals surface area contributed by atoms with Crippen LogP contribution in [0.25, 0.3) is 0 Å². The van der Waals surface area contributed by atoms with Crippen LogP contribution in [0.4, 0.5) is 0 Å². The van der Waals surface area contributed by atoms with Crippen LogP contribution in [0, 0.1) is 0 Å². The highest BCUT2D eigenvalue weighted by atomic mass is 35.5. The molecule has 11 heavy (non-hydrogen) atoms. The fourth-order valence-electron chi connectivity index (χ4n) is 0.970. The van der Waals surface area contributed by atoms with Crippen molar-refractivity contribution in [3.05, 3.63) is 0 Å². The molecule has 3 nitrogen and oxygen atoms in total. The number of aldehydes is 1. The number of hydrogen-bond acceptors (Lipinski definition) is 2. The molecule has 1 saturated carbocycles. The Morgan fingerprint density at radius 3 is 2.73 bits per heavy atom. The average Bonchev–Trinajstić information content (AvgIpc) is 2.71. The normalized spacial score (nSPS) is 18.6. The van der Waals surface area contributed by atoms with Gasteiger partial charge in [-0.1, -0.05) is 0 Å². The van der Waals surface area contributed by atoms with Gasteiger partial charge in [0.05, 0.1) is 13.6 Å². The van der Waals surface area contributed by atoms with Gasteiger partial charge in [0.25, 0.3) is 0 Å². The minimum Gasteiger partial charge on any atom is -1.00 e. The van der Waals surface area contributed by atoms with Crippen molar-refractivity contribution < 1.29 is 22.5 Å². The molecule has 66 valence electrons. The third kappa shape index (κ3) is 4.35. The van der Waals surface area contributed by atoms with Gasteiger partial charge in [0.15, 0.2) is 0 Å². The first-order valence-corrected chi connectivity index (χ1v) is 3.86. The molecule has 0 aromatic carbocycles. The average molecular weight is 179 g/mol. The number of likely N-dealkylation sites (N-methyl/N-ethyl adjacent to an activating group) is 1. The van der Waals surface area contributed by atoms with Crippen LogP contribution in [0.15, 0.2) is 0 Å². The Kier molecular flexibility index (Phi) is 5.46. The van der Waals surface area contributed by atoms with Gasteiger partial charge < -0.3 is 27.8 Å². The Labute approximate surface area is 73.3 Å². The third-order valence-corrected chi connectivity index (χ3v) is 1.68. The maximum absolute atomic E-state index is 10.4. The third-order valence-electron chi connectivity index (χ3n) is 1.68. The number of hydrogen-bond donors (Lipinski definition) is 2. The van der Waals surface area contributed by atoms with E-state index >= 15 is 0 Å². The van der Waals surface area contributed by atoms with Crippen molar-refractivity contribution in [2.24, 2.45) is 0 Å². The number of nitrogens with one attached hydrogen (secondary N) is 1. The summed E-state index contributed by atoms with van der Waals surface area (Å²) >= 11 is 0. The molecule has 0 aromatic rings. The zero-order valence-corrected chi connectivity index (χ0v) is 7.47. The van der Waals surface area contributed by atoms with Crippen LogP contribution in [-0.4, -0.2) is 32.0 Å². The van der Waals surface area contributed by atoms with Crippen molar-refractivity contribution in [2.45, 2.75) is 24.9 Å². The predicted octanol–water partition coefficient (Wildman–Crippen LogP) is -4.50. The molecule has 1 aliphatic rings. The van der Waals surface area contributed by atoms with Crippen LogP contribution >= 0.6 is 0 Å². The Balaban J connectivity index is 0.000001000. The van der Waals surface area contributed by atoms with Crippen LogP contribution in [0.1, 0.15) is 12.8 Å². The first-order chi connectivity index (χ1) is 4.86. The Bertz CT molecular complexity index is 117. The van der Waals surface area contributed by atoms with Crippen LogP contribution < -0.4 is 23.0 Å². The molecule has 0 radical (unpaired) electrons. The van der Waals surface area contributed by atoms with Gasteiger partial charge >= 0.3 is 0 Å². The molecule has 0 aromatic heterocycles. The van der Waals surface area contributed by atoms with E-state index in [-0.39, 0.29) is 18.4 Å². The summed E-state index contributed by atoms with van der Waals surface area (Å²) in [6, 6.07) is 0.702. The van der Waals surface area contributed by atoms with Crippen molar-refractivity contribution in [2.75, 3.05) is 13.6 Å². The van der Waals surface area contributed by atoms with Gasteiger partial charge in [0.1, 0.15) is 12.3 Å². The molecular weight excluding hydrogens is 164 g/mol. The minimum absolute atomic E-state index is 0. The van der Waals surface area contributed by atoms with Gasteiger partial charge in [-0.15, -0.1) is 0 Å². The van der Waals surface area contributed by atoms with Gasteiger partial charge in [-0.05, 0) is 12.8 Å². The Morgan fingerprint density at radius 2 is 2.36 bits per heavy atom. The SMILES string of the molecule is C[NH2+]CC(C=O)NC1CC1.[Cl-]. The van der Waals surface area contributed by atoms with Gasteiger partial charge in [-0.25, -0.2) is 0 Å². The number of carbonyl (C=O) groups excluding carboxylic acids is 1. The Morgan fingerprint density at radius 1 is 1.73 bits per heavy atom. The molecule has 4 heteroatoms. The molecule has 0 amide bonds. The molecule has 0 saturated heterocycles. The van der Waals surface area contributed by atoms with E-state index in [4.69, 9.17) is 0 Å². The van der Waals surface area contributed by atoms with Crippen molar-refractivity contribution in [1.29, 1.82) is 0 Å². The molecule has 1 rings (SSSR count). The standard InChI is InChI=1S/C7H14N2O.ClH/c1-8-4-7(5-10)9-6-2-3-6;/h5-9H,2-4H2,1H3;1H. The number of carbonyl (C=O) groups is 1. The summed E-state index contributed by atoms with van der Waals surface area (Å²) in [5, 5.41) is 5.26. The maximum Gasteiger partial charge on any atom is 0.142 e. The largest absolute Gasteiger partial charge is 1.00 e. The molecule has 1 unspecified atom stereocenters.